The van der Waals surface area contributed by atoms with E-state index in [1.54, 1.807) is 18.2 Å². The van der Waals surface area contributed by atoms with Gasteiger partial charge in [0.1, 0.15) is 4.33 Å². The molecule has 3 nitrogen and oxygen atoms in total. The average molecular weight is 408 g/mol. The fourth-order valence-corrected chi connectivity index (χ4v) is 4.05. The van der Waals surface area contributed by atoms with E-state index in [-0.39, 0.29) is 11.4 Å². The van der Waals surface area contributed by atoms with Gasteiger partial charge in [0.2, 0.25) is 5.91 Å². The molecule has 0 bridgehead atoms. The first kappa shape index (κ1) is 17.6. The van der Waals surface area contributed by atoms with Crippen LogP contribution in [0.1, 0.15) is 11.5 Å². The molecule has 0 saturated heterocycles. The molecule has 0 aromatic heterocycles. The van der Waals surface area contributed by atoms with E-state index < -0.39 is 27.9 Å². The summed E-state index contributed by atoms with van der Waals surface area (Å²) < 4.78 is 12.6. The average Bonchev–Trinajstić information content (AvgIpc) is 3.05. The molecule has 3 N–H and O–H groups in total. The molecule has 3 rings (SSSR count). The molecule has 8 heteroatoms. The molecule has 0 unspecified atom stereocenters. The molecule has 1 aliphatic rings. The largest absolute Gasteiger partial charge is 0.396 e. The van der Waals surface area contributed by atoms with Gasteiger partial charge in [0.25, 0.3) is 0 Å². The summed E-state index contributed by atoms with van der Waals surface area (Å²) in [5, 5.41) is 3.29. The van der Waals surface area contributed by atoms with Crippen molar-refractivity contribution in [2.24, 2.45) is 5.92 Å². The number of halogens is 5. The fraction of sp³-hybridized carbons (Fsp3) is 0.188. The second-order valence-electron chi connectivity index (χ2n) is 5.53. The summed E-state index contributed by atoms with van der Waals surface area (Å²) in [6, 6.07) is 9.19. The third kappa shape index (κ3) is 3.16. The number of nitrogens with two attached hydrogens (primary N) is 1. The first-order valence-corrected chi connectivity index (χ1v) is 8.41. The molecule has 1 aliphatic carbocycles. The van der Waals surface area contributed by atoms with Crippen LogP contribution in [0.2, 0.25) is 10.0 Å². The van der Waals surface area contributed by atoms with E-state index in [4.69, 9.17) is 52.1 Å². The van der Waals surface area contributed by atoms with Crippen LogP contribution in [-0.2, 0) is 4.79 Å². The van der Waals surface area contributed by atoms with Crippen LogP contribution in [0.15, 0.2) is 36.4 Å². The highest BCUT2D eigenvalue weighted by molar-refractivity contribution is 6.53. The Morgan fingerprint density at radius 3 is 2.42 bits per heavy atom. The molecule has 1 fully saturated rings. The molecule has 24 heavy (non-hydrogen) atoms. The van der Waals surface area contributed by atoms with Gasteiger partial charge in [0.15, 0.2) is 5.82 Å². The molecule has 2 aromatic rings. The number of benzene rings is 2. The quantitative estimate of drug-likeness (QED) is 0.539. The summed E-state index contributed by atoms with van der Waals surface area (Å²) in [7, 11) is 0. The molecule has 0 radical (unpaired) electrons. The van der Waals surface area contributed by atoms with E-state index in [1.807, 2.05) is 0 Å². The standard InChI is InChI=1S/C16H11Cl4FN2O/c17-8-4-7(5-9(18)6-8)12-13(16(12,19)20)15(24)23-11-3-1-2-10(22)14(11)21/h1-6,12-13H,22H2,(H,23,24)/t12-,13+/m0/s1. The van der Waals surface area contributed by atoms with Crippen molar-refractivity contribution in [3.8, 4) is 0 Å². The Kier molecular flexibility index (Phi) is 4.60. The lowest BCUT2D eigenvalue weighted by Gasteiger charge is -2.07. The molecule has 1 amide bonds. The predicted molar refractivity (Wildman–Crippen MR) is 96.6 cm³/mol. The van der Waals surface area contributed by atoms with Crippen molar-refractivity contribution in [2.45, 2.75) is 10.3 Å². The molecule has 2 aromatic carbocycles. The van der Waals surface area contributed by atoms with E-state index in [0.717, 1.165) is 0 Å². The van der Waals surface area contributed by atoms with Gasteiger partial charge in [-0.3, -0.25) is 4.79 Å². The summed E-state index contributed by atoms with van der Waals surface area (Å²) in [6.07, 6.45) is 0. The number of anilines is 2. The van der Waals surface area contributed by atoms with E-state index in [9.17, 15) is 9.18 Å². The number of carbonyl (C=O) groups excluding carboxylic acids is 1. The summed E-state index contributed by atoms with van der Waals surface area (Å²) in [6.45, 7) is 0. The lowest BCUT2D eigenvalue weighted by Crippen LogP contribution is -2.18. The van der Waals surface area contributed by atoms with Gasteiger partial charge in [-0.15, -0.1) is 23.2 Å². The first-order chi connectivity index (χ1) is 11.2. The maximum absolute atomic E-state index is 13.9. The third-order valence-electron chi connectivity index (χ3n) is 3.87. The Balaban J connectivity index is 1.84. The Morgan fingerprint density at radius 2 is 1.79 bits per heavy atom. The normalized spacial score (nSPS) is 21.4. The number of hydrogen-bond acceptors (Lipinski definition) is 2. The van der Waals surface area contributed by atoms with Gasteiger partial charge < -0.3 is 11.1 Å². The number of carbonyl (C=O) groups is 1. The second kappa shape index (κ2) is 6.26. The van der Waals surface area contributed by atoms with Crippen molar-refractivity contribution in [2.75, 3.05) is 11.1 Å². The van der Waals surface area contributed by atoms with Crippen molar-refractivity contribution < 1.29 is 9.18 Å². The monoisotopic (exact) mass is 406 g/mol. The number of alkyl halides is 2. The lowest BCUT2D eigenvalue weighted by molar-refractivity contribution is -0.117. The van der Waals surface area contributed by atoms with Gasteiger partial charge >= 0.3 is 0 Å². The number of nitrogens with one attached hydrogen (secondary N) is 1. The van der Waals surface area contributed by atoms with Crippen LogP contribution in [-0.4, -0.2) is 10.2 Å². The zero-order valence-electron chi connectivity index (χ0n) is 12.0. The molecular formula is C16H11Cl4FN2O. The lowest BCUT2D eigenvalue weighted by atomic mass is 10.1. The molecular weight excluding hydrogens is 397 g/mol. The molecule has 0 heterocycles. The van der Waals surface area contributed by atoms with Gasteiger partial charge in [-0.05, 0) is 35.9 Å². The van der Waals surface area contributed by atoms with Crippen molar-refractivity contribution >= 4 is 63.7 Å². The van der Waals surface area contributed by atoms with E-state index in [0.29, 0.717) is 15.6 Å². The van der Waals surface area contributed by atoms with Crippen LogP contribution in [0.3, 0.4) is 0 Å². The van der Waals surface area contributed by atoms with Crippen LogP contribution in [0, 0.1) is 11.7 Å². The summed E-state index contributed by atoms with van der Waals surface area (Å²) in [4.78, 5) is 12.5. The minimum atomic E-state index is -1.32. The summed E-state index contributed by atoms with van der Waals surface area (Å²) >= 11 is 24.4. The van der Waals surface area contributed by atoms with E-state index in [1.165, 1.54) is 18.2 Å². The number of rotatable bonds is 3. The smallest absolute Gasteiger partial charge is 0.231 e. The summed E-state index contributed by atoms with van der Waals surface area (Å²) in [5.41, 5.74) is 6.04. The minimum Gasteiger partial charge on any atom is -0.396 e. The third-order valence-corrected chi connectivity index (χ3v) is 5.24. The van der Waals surface area contributed by atoms with Crippen LogP contribution >= 0.6 is 46.4 Å². The van der Waals surface area contributed by atoms with Gasteiger partial charge in [-0.2, -0.15) is 0 Å². The van der Waals surface area contributed by atoms with Crippen LogP contribution < -0.4 is 11.1 Å². The highest BCUT2D eigenvalue weighted by atomic mass is 35.5. The number of nitrogen functional groups attached to an aromatic ring is 1. The number of amides is 1. The fourth-order valence-electron chi connectivity index (χ4n) is 2.68. The Bertz CT molecular complexity index is 807. The first-order valence-electron chi connectivity index (χ1n) is 6.90. The van der Waals surface area contributed by atoms with Gasteiger partial charge in [0, 0.05) is 16.0 Å². The van der Waals surface area contributed by atoms with Crippen LogP contribution in [0.5, 0.6) is 0 Å². The van der Waals surface area contributed by atoms with Crippen LogP contribution in [0.4, 0.5) is 15.8 Å². The van der Waals surface area contributed by atoms with Gasteiger partial charge in [0.05, 0.1) is 17.3 Å². The molecule has 0 aliphatic heterocycles. The summed E-state index contributed by atoms with van der Waals surface area (Å²) in [5.74, 6) is -2.48. The highest BCUT2D eigenvalue weighted by Gasteiger charge is 2.67. The maximum atomic E-state index is 13.9. The zero-order chi connectivity index (χ0) is 17.6. The van der Waals surface area contributed by atoms with E-state index in [2.05, 4.69) is 5.32 Å². The Hall–Kier alpha value is -1.20. The minimum absolute atomic E-state index is 0.0288. The van der Waals surface area contributed by atoms with Crippen molar-refractivity contribution in [3.05, 3.63) is 57.8 Å². The van der Waals surface area contributed by atoms with E-state index >= 15 is 0 Å². The Morgan fingerprint density at radius 1 is 1.17 bits per heavy atom. The SMILES string of the molecule is Nc1cccc(NC(=O)[C@H]2[C@H](c3cc(Cl)cc(Cl)c3)C2(Cl)Cl)c1F. The second-order valence-corrected chi connectivity index (χ2v) is 7.85. The molecule has 1 saturated carbocycles. The predicted octanol–water partition coefficient (Wildman–Crippen LogP) is 5.24. The van der Waals surface area contributed by atoms with Crippen molar-refractivity contribution in [1.29, 1.82) is 0 Å². The molecule has 0 spiro atoms. The maximum Gasteiger partial charge on any atom is 0.231 e. The highest BCUT2D eigenvalue weighted by Crippen LogP contribution is 2.65. The molecule has 2 atom stereocenters. The van der Waals surface area contributed by atoms with Gasteiger partial charge in [-0.1, -0.05) is 29.3 Å². The topological polar surface area (TPSA) is 55.1 Å². The van der Waals surface area contributed by atoms with Crippen molar-refractivity contribution in [3.63, 3.8) is 0 Å². The zero-order valence-corrected chi connectivity index (χ0v) is 15.0. The van der Waals surface area contributed by atoms with Crippen molar-refractivity contribution in [1.82, 2.24) is 0 Å². The number of hydrogen-bond donors (Lipinski definition) is 2. The van der Waals surface area contributed by atoms with Gasteiger partial charge in [-0.25, -0.2) is 4.39 Å². The van der Waals surface area contributed by atoms with Crippen LogP contribution in [0.25, 0.3) is 0 Å². The molecule has 126 valence electrons. The Labute approximate surface area is 157 Å².